The number of benzene rings is 2. The molecule has 1 aromatic heterocycles. The van der Waals surface area contributed by atoms with E-state index in [0.717, 1.165) is 29.6 Å². The maximum Gasteiger partial charge on any atom is 0.323 e. The number of fused-ring (bicyclic) bond motifs is 1. The van der Waals surface area contributed by atoms with Crippen LogP contribution in [0.1, 0.15) is 31.4 Å². The van der Waals surface area contributed by atoms with E-state index in [1.54, 1.807) is 0 Å². The highest BCUT2D eigenvalue weighted by molar-refractivity contribution is 6.00. The van der Waals surface area contributed by atoms with E-state index in [-0.39, 0.29) is 6.03 Å². The second-order valence-corrected chi connectivity index (χ2v) is 8.49. The van der Waals surface area contributed by atoms with E-state index in [1.165, 1.54) is 23.1 Å². The Hall–Kier alpha value is -2.82. The number of rotatable bonds is 2. The summed E-state index contributed by atoms with van der Waals surface area (Å²) in [7, 11) is 0. The molecule has 1 aliphatic rings. The number of H-pyrrole nitrogens is 1. The van der Waals surface area contributed by atoms with Crippen LogP contribution in [0.2, 0.25) is 0 Å². The lowest BCUT2D eigenvalue weighted by Gasteiger charge is -2.34. The molecule has 146 valence electrons. The molecule has 0 bridgehead atoms. The summed E-state index contributed by atoms with van der Waals surface area (Å²) in [5, 5.41) is 11.4. The fourth-order valence-corrected chi connectivity index (χ4v) is 4.44. The topological polar surface area (TPSA) is 61.0 Å². The Labute approximate surface area is 166 Å². The number of anilines is 1. The molecule has 0 spiro atoms. The molecule has 1 fully saturated rings. The van der Waals surface area contributed by atoms with Gasteiger partial charge in [0, 0.05) is 18.5 Å². The molecule has 0 aliphatic carbocycles. The molecule has 5 nitrogen and oxygen atoms in total. The number of aromatic amines is 1. The van der Waals surface area contributed by atoms with Gasteiger partial charge in [-0.2, -0.15) is 5.10 Å². The van der Waals surface area contributed by atoms with Crippen molar-refractivity contribution in [3.8, 4) is 11.1 Å². The van der Waals surface area contributed by atoms with Crippen LogP contribution >= 0.6 is 0 Å². The summed E-state index contributed by atoms with van der Waals surface area (Å²) in [6.45, 7) is 10.2. The van der Waals surface area contributed by atoms with Gasteiger partial charge in [0.2, 0.25) is 0 Å². The molecule has 1 aliphatic heterocycles. The third kappa shape index (κ3) is 3.75. The molecule has 2 aromatic carbocycles. The molecule has 3 aromatic rings. The lowest BCUT2D eigenvalue weighted by atomic mass is 9.92. The van der Waals surface area contributed by atoms with E-state index in [9.17, 15) is 4.79 Å². The van der Waals surface area contributed by atoms with Crippen LogP contribution in [-0.2, 0) is 0 Å². The molecule has 0 saturated carbocycles. The van der Waals surface area contributed by atoms with Crippen molar-refractivity contribution in [2.24, 2.45) is 11.8 Å². The van der Waals surface area contributed by atoms with E-state index in [2.05, 4.69) is 73.5 Å². The zero-order valence-corrected chi connectivity index (χ0v) is 17.0. The molecule has 2 atom stereocenters. The van der Waals surface area contributed by atoms with Crippen LogP contribution < -0.4 is 5.32 Å². The highest BCUT2D eigenvalue weighted by atomic mass is 16.2. The van der Waals surface area contributed by atoms with E-state index < -0.39 is 0 Å². The summed E-state index contributed by atoms with van der Waals surface area (Å²) in [5.74, 6) is 1.66. The van der Waals surface area contributed by atoms with Gasteiger partial charge in [0.15, 0.2) is 5.82 Å². The lowest BCUT2D eigenvalue weighted by molar-refractivity contribution is 0.156. The second-order valence-electron chi connectivity index (χ2n) is 8.49. The smallest absolute Gasteiger partial charge is 0.323 e. The molecule has 2 N–H and O–H groups in total. The van der Waals surface area contributed by atoms with Gasteiger partial charge in [-0.1, -0.05) is 49.2 Å². The quantitative estimate of drug-likeness (QED) is 0.633. The molecule has 2 unspecified atom stereocenters. The molecule has 28 heavy (non-hydrogen) atoms. The number of likely N-dealkylation sites (tertiary alicyclic amines) is 1. The monoisotopic (exact) mass is 376 g/mol. The van der Waals surface area contributed by atoms with Gasteiger partial charge in [0.05, 0.1) is 5.52 Å². The van der Waals surface area contributed by atoms with Gasteiger partial charge in [-0.15, -0.1) is 0 Å². The summed E-state index contributed by atoms with van der Waals surface area (Å²) in [4.78, 5) is 14.6. The Morgan fingerprint density at radius 1 is 1.04 bits per heavy atom. The summed E-state index contributed by atoms with van der Waals surface area (Å²) < 4.78 is 0. The molecule has 2 amide bonds. The van der Waals surface area contributed by atoms with Crippen molar-refractivity contribution in [1.82, 2.24) is 15.1 Å². The molecular formula is C23H28N4O. The maximum absolute atomic E-state index is 12.7. The van der Waals surface area contributed by atoms with Crippen LogP contribution in [0, 0.1) is 25.7 Å². The molecule has 2 heterocycles. The van der Waals surface area contributed by atoms with E-state index in [4.69, 9.17) is 0 Å². The van der Waals surface area contributed by atoms with Gasteiger partial charge in [-0.3, -0.25) is 10.4 Å². The van der Waals surface area contributed by atoms with Gasteiger partial charge >= 0.3 is 6.03 Å². The van der Waals surface area contributed by atoms with Crippen molar-refractivity contribution in [2.75, 3.05) is 18.4 Å². The Bertz CT molecular complexity index is 992. The van der Waals surface area contributed by atoms with Gasteiger partial charge in [0.25, 0.3) is 0 Å². The number of hydrogen-bond donors (Lipinski definition) is 2. The minimum atomic E-state index is -0.0646. The number of carbonyl (C=O) groups excluding carboxylic acids is 1. The SMILES string of the molecule is Cc1cc(C)cc(-c2ccc3c(NC(=O)N4CC(C)CC(C)C4)n[nH]c3c2)c1. The standard InChI is InChI=1S/C23H28N4O/c1-14-7-15(2)10-19(9-14)18-5-6-20-21(11-18)25-26-22(20)24-23(28)27-12-16(3)8-17(4)13-27/h5-7,9-11,16-17H,8,12-13H2,1-4H3,(H2,24,25,26,28). The van der Waals surface area contributed by atoms with E-state index in [0.29, 0.717) is 17.7 Å². The van der Waals surface area contributed by atoms with Crippen molar-refractivity contribution in [3.63, 3.8) is 0 Å². The number of aryl methyl sites for hydroxylation is 2. The number of nitrogens with zero attached hydrogens (tertiary/aromatic N) is 2. The third-order valence-electron chi connectivity index (χ3n) is 5.50. The van der Waals surface area contributed by atoms with Crippen molar-refractivity contribution in [2.45, 2.75) is 34.1 Å². The van der Waals surface area contributed by atoms with Crippen molar-refractivity contribution >= 4 is 22.8 Å². The highest BCUT2D eigenvalue weighted by Gasteiger charge is 2.26. The summed E-state index contributed by atoms with van der Waals surface area (Å²) >= 11 is 0. The lowest BCUT2D eigenvalue weighted by Crippen LogP contribution is -2.44. The van der Waals surface area contributed by atoms with Gasteiger partial charge in [-0.05, 0) is 55.4 Å². The predicted molar refractivity (Wildman–Crippen MR) is 115 cm³/mol. The van der Waals surface area contributed by atoms with Crippen LogP contribution in [0.25, 0.3) is 22.0 Å². The number of nitrogens with one attached hydrogen (secondary N) is 2. The highest BCUT2D eigenvalue weighted by Crippen LogP contribution is 2.29. The van der Waals surface area contributed by atoms with Crippen LogP contribution in [0.15, 0.2) is 36.4 Å². The number of aromatic nitrogens is 2. The van der Waals surface area contributed by atoms with Crippen LogP contribution in [0.4, 0.5) is 10.6 Å². The molecule has 0 radical (unpaired) electrons. The fourth-order valence-electron chi connectivity index (χ4n) is 4.44. The fraction of sp³-hybridized carbons (Fsp3) is 0.391. The summed E-state index contributed by atoms with van der Waals surface area (Å²) in [6, 6.07) is 12.7. The first kappa shape index (κ1) is 18.5. The second kappa shape index (κ2) is 7.30. The van der Waals surface area contributed by atoms with Gasteiger partial charge in [-0.25, -0.2) is 4.79 Å². The van der Waals surface area contributed by atoms with Crippen molar-refractivity contribution in [1.29, 1.82) is 0 Å². The average molecular weight is 377 g/mol. The van der Waals surface area contributed by atoms with Crippen LogP contribution in [0.5, 0.6) is 0 Å². The number of carbonyl (C=O) groups is 1. The average Bonchev–Trinajstić information content (AvgIpc) is 3.02. The maximum atomic E-state index is 12.7. The largest absolute Gasteiger partial charge is 0.324 e. The van der Waals surface area contributed by atoms with E-state index in [1.807, 2.05) is 11.0 Å². The van der Waals surface area contributed by atoms with Crippen molar-refractivity contribution < 1.29 is 4.79 Å². The Balaban J connectivity index is 1.57. The minimum Gasteiger partial charge on any atom is -0.324 e. The summed E-state index contributed by atoms with van der Waals surface area (Å²) in [5.41, 5.74) is 5.75. The Morgan fingerprint density at radius 2 is 1.71 bits per heavy atom. The molecule has 1 saturated heterocycles. The molecule has 4 rings (SSSR count). The van der Waals surface area contributed by atoms with Crippen LogP contribution in [0.3, 0.4) is 0 Å². The first-order chi connectivity index (χ1) is 13.4. The Kier molecular flexibility index (Phi) is 4.84. The predicted octanol–water partition coefficient (Wildman–Crippen LogP) is 5.36. The summed E-state index contributed by atoms with van der Waals surface area (Å²) in [6.07, 6.45) is 1.18. The first-order valence-corrected chi connectivity index (χ1v) is 10.0. The number of piperidine rings is 1. The van der Waals surface area contributed by atoms with E-state index >= 15 is 0 Å². The zero-order valence-electron chi connectivity index (χ0n) is 17.0. The van der Waals surface area contributed by atoms with Gasteiger partial charge < -0.3 is 4.90 Å². The van der Waals surface area contributed by atoms with Crippen molar-refractivity contribution in [3.05, 3.63) is 47.5 Å². The van der Waals surface area contributed by atoms with Gasteiger partial charge in [0.1, 0.15) is 0 Å². The third-order valence-corrected chi connectivity index (χ3v) is 5.50. The number of hydrogen-bond acceptors (Lipinski definition) is 2. The molecular weight excluding hydrogens is 348 g/mol. The number of amides is 2. The van der Waals surface area contributed by atoms with Crippen LogP contribution in [-0.4, -0.2) is 34.2 Å². The minimum absolute atomic E-state index is 0.0646. The number of urea groups is 1. The first-order valence-electron chi connectivity index (χ1n) is 10.0. The molecule has 5 heteroatoms. The zero-order chi connectivity index (χ0) is 19.8. The normalized spacial score (nSPS) is 19.8. The Morgan fingerprint density at radius 3 is 2.39 bits per heavy atom.